The van der Waals surface area contributed by atoms with Crippen molar-refractivity contribution >= 4 is 5.78 Å². The van der Waals surface area contributed by atoms with E-state index < -0.39 is 0 Å². The van der Waals surface area contributed by atoms with Crippen molar-refractivity contribution in [1.82, 2.24) is 5.16 Å². The van der Waals surface area contributed by atoms with E-state index in [-0.39, 0.29) is 5.78 Å². The SMILES string of the molecule is CC(=O)CCc1ccno1. The number of rotatable bonds is 3. The van der Waals surface area contributed by atoms with Crippen LogP contribution in [-0.4, -0.2) is 10.9 Å². The molecule has 0 unspecified atom stereocenters. The minimum atomic E-state index is 0.177. The van der Waals surface area contributed by atoms with Gasteiger partial charge in [-0.2, -0.15) is 0 Å². The molecule has 1 rings (SSSR count). The number of Topliss-reactive ketones (excluding diaryl/α,β-unsaturated/α-hetero) is 1. The highest BCUT2D eigenvalue weighted by molar-refractivity contribution is 5.75. The van der Waals surface area contributed by atoms with Gasteiger partial charge in [0.2, 0.25) is 0 Å². The second-order valence-electron chi connectivity index (χ2n) is 2.18. The van der Waals surface area contributed by atoms with Crippen molar-refractivity contribution in [2.24, 2.45) is 0 Å². The number of ketones is 1. The van der Waals surface area contributed by atoms with Crippen LogP contribution in [-0.2, 0) is 11.2 Å². The van der Waals surface area contributed by atoms with Gasteiger partial charge in [-0.15, -0.1) is 0 Å². The predicted octanol–water partition coefficient (Wildman–Crippen LogP) is 1.20. The van der Waals surface area contributed by atoms with Crippen molar-refractivity contribution < 1.29 is 9.32 Å². The number of nitrogens with zero attached hydrogens (tertiary/aromatic N) is 1. The fourth-order valence-corrected chi connectivity index (χ4v) is 0.670. The topological polar surface area (TPSA) is 43.1 Å². The summed E-state index contributed by atoms with van der Waals surface area (Å²) in [6.45, 7) is 1.57. The van der Waals surface area contributed by atoms with E-state index >= 15 is 0 Å². The van der Waals surface area contributed by atoms with Gasteiger partial charge < -0.3 is 9.32 Å². The highest BCUT2D eigenvalue weighted by Crippen LogP contribution is 2.00. The predicted molar refractivity (Wildman–Crippen MR) is 35.5 cm³/mol. The first-order valence-corrected chi connectivity index (χ1v) is 3.18. The van der Waals surface area contributed by atoms with Crippen LogP contribution < -0.4 is 0 Å². The largest absolute Gasteiger partial charge is 0.361 e. The summed E-state index contributed by atoms with van der Waals surface area (Å²) in [5.41, 5.74) is 0. The smallest absolute Gasteiger partial charge is 0.137 e. The molecule has 0 atom stereocenters. The second kappa shape index (κ2) is 3.15. The highest BCUT2D eigenvalue weighted by atomic mass is 16.5. The molecule has 0 N–H and O–H groups in total. The van der Waals surface area contributed by atoms with Crippen LogP contribution >= 0.6 is 0 Å². The molecular weight excluding hydrogens is 130 g/mol. The zero-order valence-corrected chi connectivity index (χ0v) is 5.83. The Labute approximate surface area is 59.0 Å². The van der Waals surface area contributed by atoms with Crippen LogP contribution in [0.4, 0.5) is 0 Å². The van der Waals surface area contributed by atoms with Crippen LogP contribution in [0, 0.1) is 0 Å². The summed E-state index contributed by atoms with van der Waals surface area (Å²) in [7, 11) is 0. The maximum atomic E-state index is 10.5. The van der Waals surface area contributed by atoms with Crippen LogP contribution in [0.3, 0.4) is 0 Å². The van der Waals surface area contributed by atoms with Crippen LogP contribution in [0.1, 0.15) is 19.1 Å². The van der Waals surface area contributed by atoms with E-state index in [1.54, 1.807) is 19.2 Å². The Morgan fingerprint density at radius 3 is 3.10 bits per heavy atom. The fourth-order valence-electron chi connectivity index (χ4n) is 0.670. The molecule has 0 bridgehead atoms. The summed E-state index contributed by atoms with van der Waals surface area (Å²) in [5.74, 6) is 0.951. The van der Waals surface area contributed by atoms with Crippen molar-refractivity contribution in [3.05, 3.63) is 18.0 Å². The van der Waals surface area contributed by atoms with Crippen molar-refractivity contribution in [1.29, 1.82) is 0 Å². The Morgan fingerprint density at radius 1 is 1.80 bits per heavy atom. The number of aryl methyl sites for hydroxylation is 1. The first-order valence-electron chi connectivity index (χ1n) is 3.18. The van der Waals surface area contributed by atoms with Gasteiger partial charge in [-0.25, -0.2) is 0 Å². The third kappa shape index (κ3) is 2.01. The van der Waals surface area contributed by atoms with Crippen molar-refractivity contribution in [3.63, 3.8) is 0 Å². The lowest BCUT2D eigenvalue weighted by Crippen LogP contribution is -1.91. The van der Waals surface area contributed by atoms with Crippen LogP contribution in [0.5, 0.6) is 0 Å². The third-order valence-electron chi connectivity index (χ3n) is 1.21. The van der Waals surface area contributed by atoms with Gasteiger partial charge in [0, 0.05) is 18.9 Å². The Hall–Kier alpha value is -1.12. The number of carbonyl (C=O) groups excluding carboxylic acids is 1. The van der Waals surface area contributed by atoms with Gasteiger partial charge in [0.1, 0.15) is 11.5 Å². The number of hydrogen-bond acceptors (Lipinski definition) is 3. The summed E-state index contributed by atoms with van der Waals surface area (Å²) < 4.78 is 4.78. The van der Waals surface area contributed by atoms with Crippen LogP contribution in [0.15, 0.2) is 16.8 Å². The third-order valence-corrected chi connectivity index (χ3v) is 1.21. The second-order valence-corrected chi connectivity index (χ2v) is 2.18. The summed E-state index contributed by atoms with van der Waals surface area (Å²) in [5, 5.41) is 3.51. The normalized spacial score (nSPS) is 9.70. The van der Waals surface area contributed by atoms with Gasteiger partial charge in [-0.3, -0.25) is 0 Å². The molecule has 0 aliphatic carbocycles. The lowest BCUT2D eigenvalue weighted by Gasteiger charge is -1.88. The Morgan fingerprint density at radius 2 is 2.60 bits per heavy atom. The zero-order valence-electron chi connectivity index (χ0n) is 5.83. The molecule has 3 heteroatoms. The average molecular weight is 139 g/mol. The fraction of sp³-hybridized carbons (Fsp3) is 0.429. The molecule has 1 aromatic rings. The van der Waals surface area contributed by atoms with Gasteiger partial charge in [0.15, 0.2) is 0 Å². The van der Waals surface area contributed by atoms with Crippen LogP contribution in [0.25, 0.3) is 0 Å². The Bertz CT molecular complexity index is 203. The van der Waals surface area contributed by atoms with E-state index in [1.807, 2.05) is 0 Å². The van der Waals surface area contributed by atoms with E-state index in [2.05, 4.69) is 5.16 Å². The molecule has 54 valence electrons. The summed E-state index contributed by atoms with van der Waals surface area (Å²) in [6.07, 6.45) is 2.78. The molecule has 10 heavy (non-hydrogen) atoms. The molecule has 0 saturated carbocycles. The quantitative estimate of drug-likeness (QED) is 0.631. The van der Waals surface area contributed by atoms with Gasteiger partial charge in [0.25, 0.3) is 0 Å². The van der Waals surface area contributed by atoms with E-state index in [0.29, 0.717) is 12.8 Å². The van der Waals surface area contributed by atoms with Crippen LogP contribution in [0.2, 0.25) is 0 Å². The first-order chi connectivity index (χ1) is 4.79. The van der Waals surface area contributed by atoms with Crippen molar-refractivity contribution in [2.75, 3.05) is 0 Å². The molecule has 0 fully saturated rings. The van der Waals surface area contributed by atoms with Crippen molar-refractivity contribution in [2.45, 2.75) is 19.8 Å². The summed E-state index contributed by atoms with van der Waals surface area (Å²) >= 11 is 0. The monoisotopic (exact) mass is 139 g/mol. The summed E-state index contributed by atoms with van der Waals surface area (Å²) in [4.78, 5) is 10.5. The first kappa shape index (κ1) is 6.99. The standard InChI is InChI=1S/C7H9NO2/c1-6(9)2-3-7-4-5-8-10-7/h4-5H,2-3H2,1H3. The number of hydrogen-bond donors (Lipinski definition) is 0. The molecule has 1 heterocycles. The summed E-state index contributed by atoms with van der Waals surface area (Å²) in [6, 6.07) is 1.77. The number of carbonyl (C=O) groups is 1. The molecule has 0 radical (unpaired) electrons. The van der Waals surface area contributed by atoms with Gasteiger partial charge >= 0.3 is 0 Å². The molecule has 0 aliphatic heterocycles. The van der Waals surface area contributed by atoms with E-state index in [1.165, 1.54) is 0 Å². The lowest BCUT2D eigenvalue weighted by molar-refractivity contribution is -0.117. The number of aromatic nitrogens is 1. The zero-order chi connectivity index (χ0) is 7.40. The van der Waals surface area contributed by atoms with Gasteiger partial charge in [-0.05, 0) is 6.92 Å². The Balaban J connectivity index is 2.35. The molecule has 3 nitrogen and oxygen atoms in total. The molecule has 0 saturated heterocycles. The molecule has 0 amide bonds. The Kier molecular flexibility index (Phi) is 2.20. The maximum absolute atomic E-state index is 10.5. The minimum absolute atomic E-state index is 0.177. The highest BCUT2D eigenvalue weighted by Gasteiger charge is 1.98. The minimum Gasteiger partial charge on any atom is -0.361 e. The van der Waals surface area contributed by atoms with E-state index in [9.17, 15) is 4.79 Å². The molecular formula is C7H9NO2. The van der Waals surface area contributed by atoms with Gasteiger partial charge in [-0.1, -0.05) is 5.16 Å². The van der Waals surface area contributed by atoms with E-state index in [4.69, 9.17) is 4.52 Å². The lowest BCUT2D eigenvalue weighted by atomic mass is 10.2. The molecule has 1 aromatic heterocycles. The van der Waals surface area contributed by atoms with Crippen molar-refractivity contribution in [3.8, 4) is 0 Å². The maximum Gasteiger partial charge on any atom is 0.137 e. The molecule has 0 aliphatic rings. The van der Waals surface area contributed by atoms with E-state index in [0.717, 1.165) is 5.76 Å². The molecule has 0 spiro atoms. The average Bonchev–Trinajstić information content (AvgIpc) is 2.34. The molecule has 0 aromatic carbocycles. The van der Waals surface area contributed by atoms with Gasteiger partial charge in [0.05, 0.1) is 6.20 Å².